The van der Waals surface area contributed by atoms with Crippen molar-refractivity contribution in [3.63, 3.8) is 0 Å². The van der Waals surface area contributed by atoms with Crippen LogP contribution < -0.4 is 15.5 Å². The third-order valence-corrected chi connectivity index (χ3v) is 6.29. The molecule has 2 aromatic rings. The number of anilines is 1. The summed E-state index contributed by atoms with van der Waals surface area (Å²) in [6.45, 7) is 8.20. The fourth-order valence-electron chi connectivity index (χ4n) is 4.12. The zero-order valence-corrected chi connectivity index (χ0v) is 21.3. The molecule has 1 saturated heterocycles. The van der Waals surface area contributed by atoms with Crippen molar-refractivity contribution in [2.24, 2.45) is 4.99 Å². The van der Waals surface area contributed by atoms with E-state index in [0.717, 1.165) is 68.5 Å². The van der Waals surface area contributed by atoms with Crippen LogP contribution in [0.15, 0.2) is 47.6 Å². The third-order valence-electron chi connectivity index (χ3n) is 6.29. The Kier molecular flexibility index (Phi) is 8.70. The van der Waals surface area contributed by atoms with E-state index in [4.69, 9.17) is 4.99 Å². The highest BCUT2D eigenvalue weighted by Gasteiger charge is 2.45. The van der Waals surface area contributed by atoms with Gasteiger partial charge in [-0.15, -0.1) is 24.0 Å². The largest absolute Gasteiger partial charge is 0.357 e. The number of likely N-dealkylation sites (N-methyl/N-ethyl adjacent to an activating group) is 1. The number of hydrogen-bond acceptors (Lipinski definition) is 4. The van der Waals surface area contributed by atoms with Crippen LogP contribution in [0, 0.1) is 5.82 Å². The fourth-order valence-corrected chi connectivity index (χ4v) is 4.12. The Labute approximate surface area is 207 Å². The molecule has 2 heterocycles. The maximum absolute atomic E-state index is 14.3. The van der Waals surface area contributed by atoms with Gasteiger partial charge in [0.2, 0.25) is 0 Å². The van der Waals surface area contributed by atoms with E-state index in [0.29, 0.717) is 13.1 Å². The van der Waals surface area contributed by atoms with Crippen LogP contribution in [-0.2, 0) is 12.0 Å². The SMILES string of the molecule is CCNC(=NCc1ccnc(N2CCN(C)CC2)c1)NCC1(c2ccccc2F)CC1.I. The molecule has 2 fully saturated rings. The first-order valence-electron chi connectivity index (χ1n) is 11.3. The van der Waals surface area contributed by atoms with Crippen molar-refractivity contribution in [2.75, 3.05) is 51.2 Å². The van der Waals surface area contributed by atoms with Crippen molar-refractivity contribution >= 4 is 35.8 Å². The number of aromatic nitrogens is 1. The minimum Gasteiger partial charge on any atom is -0.357 e. The van der Waals surface area contributed by atoms with Gasteiger partial charge in [-0.25, -0.2) is 14.4 Å². The summed E-state index contributed by atoms with van der Waals surface area (Å²) in [5.74, 6) is 1.68. The highest BCUT2D eigenvalue weighted by Crippen LogP contribution is 2.48. The topological polar surface area (TPSA) is 55.8 Å². The van der Waals surface area contributed by atoms with Crippen molar-refractivity contribution in [1.82, 2.24) is 20.5 Å². The molecule has 32 heavy (non-hydrogen) atoms. The second kappa shape index (κ2) is 11.3. The second-order valence-electron chi connectivity index (χ2n) is 8.62. The van der Waals surface area contributed by atoms with Crippen molar-refractivity contribution in [2.45, 2.75) is 31.7 Å². The monoisotopic (exact) mass is 552 g/mol. The van der Waals surface area contributed by atoms with Gasteiger partial charge < -0.3 is 20.4 Å². The molecule has 8 heteroatoms. The molecule has 1 aliphatic carbocycles. The molecular formula is C24H34FIN6. The highest BCUT2D eigenvalue weighted by molar-refractivity contribution is 14.0. The molecule has 1 saturated carbocycles. The maximum Gasteiger partial charge on any atom is 0.191 e. The Bertz CT molecular complexity index is 909. The molecule has 1 aliphatic heterocycles. The molecule has 0 radical (unpaired) electrons. The number of rotatable bonds is 7. The minimum absolute atomic E-state index is 0. The van der Waals surface area contributed by atoms with E-state index in [1.165, 1.54) is 0 Å². The molecule has 4 rings (SSSR count). The molecular weight excluding hydrogens is 518 g/mol. The van der Waals surface area contributed by atoms with Crippen LogP contribution in [0.3, 0.4) is 0 Å². The van der Waals surface area contributed by atoms with Gasteiger partial charge in [-0.3, -0.25) is 0 Å². The van der Waals surface area contributed by atoms with E-state index in [2.05, 4.69) is 45.5 Å². The van der Waals surface area contributed by atoms with Gasteiger partial charge in [0.15, 0.2) is 5.96 Å². The summed E-state index contributed by atoms with van der Waals surface area (Å²) >= 11 is 0. The molecule has 0 amide bonds. The van der Waals surface area contributed by atoms with Crippen LogP contribution >= 0.6 is 24.0 Å². The lowest BCUT2D eigenvalue weighted by molar-refractivity contribution is 0.312. The van der Waals surface area contributed by atoms with Crippen molar-refractivity contribution in [1.29, 1.82) is 0 Å². The van der Waals surface area contributed by atoms with Gasteiger partial charge in [-0.2, -0.15) is 0 Å². The van der Waals surface area contributed by atoms with Crippen molar-refractivity contribution in [3.8, 4) is 0 Å². The first-order chi connectivity index (χ1) is 15.1. The molecule has 0 spiro atoms. The summed E-state index contributed by atoms with van der Waals surface area (Å²) in [5, 5.41) is 6.76. The van der Waals surface area contributed by atoms with E-state index >= 15 is 0 Å². The highest BCUT2D eigenvalue weighted by atomic mass is 127. The van der Waals surface area contributed by atoms with Crippen LogP contribution in [0.4, 0.5) is 10.2 Å². The summed E-state index contributed by atoms with van der Waals surface area (Å²) in [7, 11) is 2.16. The van der Waals surface area contributed by atoms with Crippen LogP contribution in [-0.4, -0.2) is 62.2 Å². The lowest BCUT2D eigenvalue weighted by atomic mass is 9.95. The number of halogens is 2. The predicted octanol–water partition coefficient (Wildman–Crippen LogP) is 3.38. The van der Waals surface area contributed by atoms with Gasteiger partial charge >= 0.3 is 0 Å². The predicted molar refractivity (Wildman–Crippen MR) is 139 cm³/mol. The molecule has 0 unspecified atom stereocenters. The number of hydrogen-bond donors (Lipinski definition) is 2. The van der Waals surface area contributed by atoms with E-state index in [1.54, 1.807) is 12.1 Å². The van der Waals surface area contributed by atoms with E-state index in [1.807, 2.05) is 24.4 Å². The average Bonchev–Trinajstić information content (AvgIpc) is 3.57. The Morgan fingerprint density at radius 1 is 1.12 bits per heavy atom. The Hall–Kier alpha value is -1.94. The standard InChI is InChI=1S/C24H33FN6.HI/c1-3-26-23(29-18-24(9-10-24)20-6-4-5-7-21(20)25)28-17-19-8-11-27-22(16-19)31-14-12-30(2)13-15-31;/h4-8,11,16H,3,9-10,12-15,17-18H2,1-2H3,(H2,26,28,29);1H. The van der Waals surface area contributed by atoms with Crippen LogP contribution in [0.5, 0.6) is 0 Å². The second-order valence-corrected chi connectivity index (χ2v) is 8.62. The van der Waals surface area contributed by atoms with E-state index in [9.17, 15) is 4.39 Å². The van der Waals surface area contributed by atoms with Crippen molar-refractivity contribution < 1.29 is 4.39 Å². The van der Waals surface area contributed by atoms with Gasteiger partial charge in [-0.05, 0) is 56.1 Å². The first kappa shape index (κ1) is 24.7. The van der Waals surface area contributed by atoms with E-state index in [-0.39, 0.29) is 35.2 Å². The Balaban J connectivity index is 0.00000289. The van der Waals surface area contributed by atoms with Crippen LogP contribution in [0.1, 0.15) is 30.9 Å². The van der Waals surface area contributed by atoms with Crippen molar-refractivity contribution in [3.05, 3.63) is 59.5 Å². The lowest BCUT2D eigenvalue weighted by Crippen LogP contribution is -2.44. The number of piperazine rings is 1. The third kappa shape index (κ3) is 6.10. The maximum atomic E-state index is 14.3. The number of pyridine rings is 1. The van der Waals surface area contributed by atoms with Gasteiger partial charge in [0.05, 0.1) is 6.54 Å². The summed E-state index contributed by atoms with van der Waals surface area (Å²) in [4.78, 5) is 14.0. The summed E-state index contributed by atoms with van der Waals surface area (Å²) < 4.78 is 14.3. The number of guanidine groups is 1. The zero-order valence-electron chi connectivity index (χ0n) is 19.0. The molecule has 0 atom stereocenters. The minimum atomic E-state index is -0.118. The number of benzene rings is 1. The fraction of sp³-hybridized carbons (Fsp3) is 0.500. The Morgan fingerprint density at radius 3 is 2.56 bits per heavy atom. The lowest BCUT2D eigenvalue weighted by Gasteiger charge is -2.33. The molecule has 174 valence electrons. The smallest absolute Gasteiger partial charge is 0.191 e. The first-order valence-corrected chi connectivity index (χ1v) is 11.3. The summed E-state index contributed by atoms with van der Waals surface area (Å²) in [6, 6.07) is 11.3. The zero-order chi connectivity index (χ0) is 21.7. The van der Waals surface area contributed by atoms with Gasteiger partial charge in [0.1, 0.15) is 11.6 Å². The van der Waals surface area contributed by atoms with Crippen LogP contribution in [0.2, 0.25) is 0 Å². The Morgan fingerprint density at radius 2 is 1.88 bits per heavy atom. The molecule has 2 N–H and O–H groups in total. The van der Waals surface area contributed by atoms with Crippen LogP contribution in [0.25, 0.3) is 0 Å². The molecule has 1 aromatic carbocycles. The molecule has 6 nitrogen and oxygen atoms in total. The van der Waals surface area contributed by atoms with Gasteiger partial charge in [0.25, 0.3) is 0 Å². The van der Waals surface area contributed by atoms with Gasteiger partial charge in [-0.1, -0.05) is 18.2 Å². The van der Waals surface area contributed by atoms with Gasteiger partial charge in [0, 0.05) is 50.9 Å². The number of nitrogens with zero attached hydrogens (tertiary/aromatic N) is 4. The quantitative estimate of drug-likeness (QED) is 0.314. The van der Waals surface area contributed by atoms with E-state index < -0.39 is 0 Å². The summed E-state index contributed by atoms with van der Waals surface area (Å²) in [5.41, 5.74) is 1.83. The molecule has 2 aliphatic rings. The average molecular weight is 552 g/mol. The number of aliphatic imine (C=N–C) groups is 1. The molecule has 1 aromatic heterocycles. The number of nitrogens with one attached hydrogen (secondary N) is 2. The summed E-state index contributed by atoms with van der Waals surface area (Å²) in [6.07, 6.45) is 3.87. The normalized spacial score (nSPS) is 18.1. The molecule has 0 bridgehead atoms.